The van der Waals surface area contributed by atoms with Crippen LogP contribution in [-0.2, 0) is 4.79 Å². The Balaban J connectivity index is 1.75. The third-order valence-corrected chi connectivity index (χ3v) is 5.09. The van der Waals surface area contributed by atoms with Gasteiger partial charge in [0.15, 0.2) is 0 Å². The second-order valence-corrected chi connectivity index (χ2v) is 7.29. The van der Waals surface area contributed by atoms with Crippen molar-refractivity contribution < 1.29 is 18.9 Å². The van der Waals surface area contributed by atoms with E-state index in [-0.39, 0.29) is 11.8 Å². The number of imidazole rings is 1. The zero-order chi connectivity index (χ0) is 23.1. The lowest BCUT2D eigenvalue weighted by molar-refractivity contribution is -0.556. The molecule has 0 aliphatic carbocycles. The topological polar surface area (TPSA) is 139 Å². The van der Waals surface area contributed by atoms with Crippen LogP contribution in [0.2, 0.25) is 0 Å². The number of likely N-dealkylation sites (tertiary alicyclic amines) is 1. The van der Waals surface area contributed by atoms with Crippen LogP contribution in [0, 0.1) is 10.8 Å². The number of carbonyl (C=O) groups excluding carboxylic acids is 1. The number of carbonyl (C=O) groups is 1. The Hall–Kier alpha value is -3.60. The van der Waals surface area contributed by atoms with Crippen molar-refractivity contribution in [1.82, 2.24) is 24.8 Å². The summed E-state index contributed by atoms with van der Waals surface area (Å²) in [5, 5.41) is 16.4. The van der Waals surface area contributed by atoms with Gasteiger partial charge in [-0.25, -0.2) is 23.7 Å². The Bertz CT molecular complexity index is 1050. The van der Waals surface area contributed by atoms with Gasteiger partial charge in [-0.15, -0.1) is 0 Å². The van der Waals surface area contributed by atoms with Crippen LogP contribution in [0.4, 0.5) is 8.78 Å². The Morgan fingerprint density at radius 3 is 2.91 bits per heavy atom. The lowest BCUT2D eigenvalue weighted by Gasteiger charge is -2.32. The van der Waals surface area contributed by atoms with Gasteiger partial charge in [0, 0.05) is 30.9 Å². The highest BCUT2D eigenvalue weighted by molar-refractivity contribution is 6.11. The van der Waals surface area contributed by atoms with Crippen LogP contribution in [0.15, 0.2) is 36.4 Å². The number of aromatic amines is 1. The van der Waals surface area contributed by atoms with Gasteiger partial charge in [0.2, 0.25) is 0 Å². The number of nitrogens with zero attached hydrogens (tertiary/aromatic N) is 4. The molecule has 1 amide bonds. The van der Waals surface area contributed by atoms with Gasteiger partial charge < -0.3 is 20.6 Å². The summed E-state index contributed by atoms with van der Waals surface area (Å²) >= 11 is 0. The molecule has 32 heavy (non-hydrogen) atoms. The molecule has 9 nitrogen and oxygen atoms in total. The number of piperidine rings is 1. The highest BCUT2D eigenvalue weighted by Gasteiger charge is 2.27. The second-order valence-electron chi connectivity index (χ2n) is 7.29. The average molecular weight is 443 g/mol. The fraction of sp³-hybridized carbons (Fsp3) is 0.333. The van der Waals surface area contributed by atoms with Crippen LogP contribution in [-0.4, -0.2) is 69.2 Å². The normalized spacial score (nSPS) is 17.2. The SMILES string of the molecule is C[NH2+]/C=C(\C=N)C(=O)N1CCCC(c2cc(-c3cnc(/C=C\C(=N)C(F)F)[nH]3)ncn2)C1. The monoisotopic (exact) mass is 443 g/mol. The first kappa shape index (κ1) is 23.1. The smallest absolute Gasteiger partial charge is 0.279 e. The van der Waals surface area contributed by atoms with Gasteiger partial charge in [0.1, 0.15) is 23.9 Å². The summed E-state index contributed by atoms with van der Waals surface area (Å²) < 4.78 is 24.9. The first-order valence-electron chi connectivity index (χ1n) is 10.1. The maximum Gasteiger partial charge on any atom is 0.279 e. The van der Waals surface area contributed by atoms with Gasteiger partial charge in [0.05, 0.1) is 30.3 Å². The number of allylic oxidation sites excluding steroid dienone is 1. The van der Waals surface area contributed by atoms with Crippen LogP contribution >= 0.6 is 0 Å². The maximum atomic E-state index is 12.7. The zero-order valence-electron chi connectivity index (χ0n) is 17.6. The standard InChI is InChI=1S/C21H24F2N8O/c1-26-9-14(8-24)21(32)31-6-2-3-13(11-31)16-7-17(29-12-28-16)18-10-27-19(30-18)5-4-15(25)20(22)23/h4-5,7-10,12-13,20,24-26H,2-3,6,11H2,1H3,(H,27,30)/p+1/b5-4-,14-9+,24-8?,25-15?. The number of hydrogen-bond donors (Lipinski definition) is 4. The molecule has 1 atom stereocenters. The van der Waals surface area contributed by atoms with Crippen molar-refractivity contribution in [2.24, 2.45) is 0 Å². The molecule has 11 heteroatoms. The van der Waals surface area contributed by atoms with Crippen LogP contribution in [0.1, 0.15) is 30.3 Å². The zero-order valence-corrected chi connectivity index (χ0v) is 17.6. The minimum Gasteiger partial charge on any atom is -0.338 e. The van der Waals surface area contributed by atoms with Crippen LogP contribution < -0.4 is 5.32 Å². The first-order chi connectivity index (χ1) is 15.4. The van der Waals surface area contributed by atoms with Crippen molar-refractivity contribution in [2.75, 3.05) is 20.1 Å². The molecule has 1 fully saturated rings. The summed E-state index contributed by atoms with van der Waals surface area (Å²) in [4.78, 5) is 30.2. The molecule has 2 aromatic rings. The predicted octanol–water partition coefficient (Wildman–Crippen LogP) is 1.60. The summed E-state index contributed by atoms with van der Waals surface area (Å²) in [5.41, 5.74) is 1.53. The lowest BCUT2D eigenvalue weighted by atomic mass is 9.93. The molecule has 3 rings (SSSR count). The van der Waals surface area contributed by atoms with Crippen molar-refractivity contribution >= 4 is 23.9 Å². The molecule has 168 valence electrons. The number of hydrogen-bond acceptors (Lipinski definition) is 6. The van der Waals surface area contributed by atoms with E-state index in [2.05, 4.69) is 19.9 Å². The Morgan fingerprint density at radius 2 is 2.19 bits per heavy atom. The van der Waals surface area contributed by atoms with Crippen molar-refractivity contribution in [2.45, 2.75) is 25.2 Å². The van der Waals surface area contributed by atoms with E-state index in [4.69, 9.17) is 10.8 Å². The molecule has 1 unspecified atom stereocenters. The molecule has 0 radical (unpaired) electrons. The Labute approximate surface area is 183 Å². The lowest BCUT2D eigenvalue weighted by Crippen LogP contribution is -2.73. The van der Waals surface area contributed by atoms with Crippen LogP contribution in [0.3, 0.4) is 0 Å². The minimum atomic E-state index is -2.84. The van der Waals surface area contributed by atoms with E-state index in [0.29, 0.717) is 35.9 Å². The molecule has 1 aliphatic rings. The van der Waals surface area contributed by atoms with Gasteiger partial charge in [-0.3, -0.25) is 10.2 Å². The number of halogens is 2. The molecule has 1 saturated heterocycles. The van der Waals surface area contributed by atoms with E-state index in [1.807, 2.05) is 6.07 Å². The van der Waals surface area contributed by atoms with E-state index >= 15 is 0 Å². The van der Waals surface area contributed by atoms with E-state index < -0.39 is 12.1 Å². The van der Waals surface area contributed by atoms with Gasteiger partial charge in [-0.2, -0.15) is 0 Å². The van der Waals surface area contributed by atoms with Crippen molar-refractivity contribution in [3.8, 4) is 11.4 Å². The fourth-order valence-corrected chi connectivity index (χ4v) is 3.48. The molecule has 2 aromatic heterocycles. The number of aromatic nitrogens is 4. The van der Waals surface area contributed by atoms with Gasteiger partial charge in [-0.1, -0.05) is 0 Å². The summed E-state index contributed by atoms with van der Waals surface area (Å²) in [5.74, 6) is 0.191. The number of quaternary nitrogens is 1. The minimum absolute atomic E-state index is 0.0286. The third-order valence-electron chi connectivity index (χ3n) is 5.09. The molecule has 5 N–H and O–H groups in total. The predicted molar refractivity (Wildman–Crippen MR) is 116 cm³/mol. The summed E-state index contributed by atoms with van der Waals surface area (Å²) in [6, 6.07) is 1.83. The highest BCUT2D eigenvalue weighted by atomic mass is 19.3. The molecular formula is C21H25F2N8O+. The van der Waals surface area contributed by atoms with Crippen molar-refractivity contribution in [3.05, 3.63) is 48.0 Å². The Kier molecular flexibility index (Phi) is 7.66. The maximum absolute atomic E-state index is 12.7. The van der Waals surface area contributed by atoms with Gasteiger partial charge in [-0.05, 0) is 31.1 Å². The second kappa shape index (κ2) is 10.6. The molecule has 0 bridgehead atoms. The molecule has 0 aromatic carbocycles. The number of nitrogens with one attached hydrogen (secondary N) is 3. The van der Waals surface area contributed by atoms with E-state index in [1.165, 1.54) is 18.6 Å². The summed E-state index contributed by atoms with van der Waals surface area (Å²) in [6.45, 7) is 1.13. The van der Waals surface area contributed by atoms with E-state index in [0.717, 1.165) is 30.8 Å². The molecule has 0 saturated carbocycles. The van der Waals surface area contributed by atoms with E-state index in [1.54, 1.807) is 23.5 Å². The Morgan fingerprint density at radius 1 is 1.38 bits per heavy atom. The van der Waals surface area contributed by atoms with Crippen molar-refractivity contribution in [1.29, 1.82) is 10.8 Å². The van der Waals surface area contributed by atoms with Crippen molar-refractivity contribution in [3.63, 3.8) is 0 Å². The number of nitrogens with two attached hydrogens (primary N) is 1. The third kappa shape index (κ3) is 5.55. The molecule has 3 heterocycles. The van der Waals surface area contributed by atoms with E-state index in [9.17, 15) is 13.6 Å². The van der Waals surface area contributed by atoms with Crippen LogP contribution in [0.25, 0.3) is 17.5 Å². The number of alkyl halides is 2. The molecule has 0 spiro atoms. The number of rotatable bonds is 8. The molecular weight excluding hydrogens is 418 g/mol. The molecule has 1 aliphatic heterocycles. The average Bonchev–Trinajstić information content (AvgIpc) is 3.30. The summed E-state index contributed by atoms with van der Waals surface area (Å²) in [6.07, 6.45) is 6.86. The van der Waals surface area contributed by atoms with Gasteiger partial charge in [0.25, 0.3) is 12.3 Å². The number of amides is 1. The first-order valence-corrected chi connectivity index (χ1v) is 10.1. The summed E-state index contributed by atoms with van der Waals surface area (Å²) in [7, 11) is 1.80. The fourth-order valence-electron chi connectivity index (χ4n) is 3.48. The largest absolute Gasteiger partial charge is 0.338 e. The number of H-pyrrole nitrogens is 1. The van der Waals surface area contributed by atoms with Gasteiger partial charge >= 0.3 is 0 Å². The van der Waals surface area contributed by atoms with Crippen LogP contribution in [0.5, 0.6) is 0 Å². The highest BCUT2D eigenvalue weighted by Crippen LogP contribution is 2.28. The quantitative estimate of drug-likeness (QED) is 0.363.